The summed E-state index contributed by atoms with van der Waals surface area (Å²) in [6.07, 6.45) is -5.65. The minimum Gasteiger partial charge on any atom is -0.493 e. The molecule has 2 aromatic rings. The second kappa shape index (κ2) is 8.58. The molecule has 2 heterocycles. The maximum atomic E-state index is 14.5. The van der Waals surface area contributed by atoms with Crippen molar-refractivity contribution in [1.82, 2.24) is 4.98 Å². The van der Waals surface area contributed by atoms with Gasteiger partial charge in [-0.05, 0) is 25.1 Å². The van der Waals surface area contributed by atoms with E-state index in [2.05, 4.69) is 10.3 Å². The molecule has 1 aliphatic heterocycles. The minimum absolute atomic E-state index is 0.0113. The number of anilines is 1. The molecule has 1 saturated heterocycles. The summed E-state index contributed by atoms with van der Waals surface area (Å²) in [4.78, 5) is 28.1. The lowest BCUT2D eigenvalue weighted by atomic mass is 9.77. The van der Waals surface area contributed by atoms with Gasteiger partial charge in [0.2, 0.25) is 5.82 Å². The first-order valence-corrected chi connectivity index (χ1v) is 9.56. The van der Waals surface area contributed by atoms with Gasteiger partial charge in [-0.1, -0.05) is 13.0 Å². The Morgan fingerprint density at radius 1 is 1.33 bits per heavy atom. The molecule has 1 aliphatic rings. The Morgan fingerprint density at radius 3 is 2.58 bits per heavy atom. The molecule has 33 heavy (non-hydrogen) atoms. The Morgan fingerprint density at radius 2 is 2.00 bits per heavy atom. The van der Waals surface area contributed by atoms with Gasteiger partial charge in [0.05, 0.1) is 8.48 Å². The molecule has 1 aromatic heterocycles. The molecule has 0 radical (unpaired) electrons. The van der Waals surface area contributed by atoms with Crippen molar-refractivity contribution >= 4 is 17.5 Å². The predicted molar refractivity (Wildman–Crippen MR) is 106 cm³/mol. The summed E-state index contributed by atoms with van der Waals surface area (Å²) >= 11 is 0. The average Bonchev–Trinajstić information content (AvgIpc) is 3.04. The smallest absolute Gasteiger partial charge is 0.417 e. The van der Waals surface area contributed by atoms with E-state index in [4.69, 9.17) is 16.6 Å². The van der Waals surface area contributed by atoms with Gasteiger partial charge in [-0.2, -0.15) is 17.6 Å². The van der Waals surface area contributed by atoms with Crippen LogP contribution in [0.15, 0.2) is 30.4 Å². The Bertz CT molecular complexity index is 1150. The molecule has 178 valence electrons. The van der Waals surface area contributed by atoms with Gasteiger partial charge in [-0.25, -0.2) is 4.39 Å². The van der Waals surface area contributed by atoms with E-state index in [1.807, 2.05) is 0 Å². The number of rotatable bonds is 5. The van der Waals surface area contributed by atoms with Gasteiger partial charge >= 0.3 is 6.18 Å². The van der Waals surface area contributed by atoms with E-state index in [0.717, 1.165) is 39.3 Å². The number of methoxy groups -OCH3 is 1. The molecule has 1 aromatic carbocycles. The maximum absolute atomic E-state index is 14.5. The van der Waals surface area contributed by atoms with Gasteiger partial charge in [0.15, 0.2) is 17.2 Å². The van der Waals surface area contributed by atoms with E-state index >= 15 is 0 Å². The molecule has 4 atom stereocenters. The number of nitrogens with one attached hydrogen (secondary N) is 1. The Labute approximate surface area is 186 Å². The van der Waals surface area contributed by atoms with Crippen LogP contribution in [0.3, 0.4) is 0 Å². The zero-order valence-corrected chi connectivity index (χ0v) is 17.6. The summed E-state index contributed by atoms with van der Waals surface area (Å²) in [7, 11) is 0.978. The quantitative estimate of drug-likeness (QED) is 0.646. The highest BCUT2D eigenvalue weighted by Gasteiger charge is 2.65. The van der Waals surface area contributed by atoms with E-state index in [0.29, 0.717) is 0 Å². The largest absolute Gasteiger partial charge is 0.493 e. The third kappa shape index (κ3) is 4.22. The number of ether oxygens (including phenoxy) is 2. The second-order valence-corrected chi connectivity index (χ2v) is 7.65. The molecular formula is C21H20F5N3O4. The monoisotopic (exact) mass is 474 g/mol. The highest BCUT2D eigenvalue weighted by atomic mass is 19.4. The standard InChI is InChI=1S/C21H20F5N3O4/c1-9-14(11-4-5-12(22)15(23)16(11)32-3)17(33-20(9,2)21(24,25)26)19(31)29-10-6-7-28-13(8-10)18(27)30/h4-9,14,17H,1-3H3,(H2,27,30)(H,28,29,31)/t9-,14-,17+,20?/m0/s1/i5D. The first kappa shape index (κ1) is 22.9. The molecule has 0 spiro atoms. The van der Waals surface area contributed by atoms with Crippen molar-refractivity contribution in [3.63, 3.8) is 0 Å². The average molecular weight is 474 g/mol. The number of nitrogens with zero attached hydrogens (tertiary/aromatic N) is 1. The number of aromatic nitrogens is 1. The molecule has 1 unspecified atom stereocenters. The number of amides is 2. The molecule has 2 amide bonds. The third-order valence-electron chi connectivity index (χ3n) is 5.78. The van der Waals surface area contributed by atoms with Crippen LogP contribution in [-0.4, -0.2) is 41.8 Å². The van der Waals surface area contributed by atoms with E-state index < -0.39 is 65.0 Å². The summed E-state index contributed by atoms with van der Waals surface area (Å²) in [5.74, 6) is -8.81. The lowest BCUT2D eigenvalue weighted by Gasteiger charge is -2.32. The number of hydrogen-bond donors (Lipinski definition) is 2. The van der Waals surface area contributed by atoms with Crippen molar-refractivity contribution in [3.05, 3.63) is 53.3 Å². The lowest BCUT2D eigenvalue weighted by molar-refractivity contribution is -0.272. The van der Waals surface area contributed by atoms with Gasteiger partial charge < -0.3 is 20.5 Å². The fraction of sp³-hybridized carbons (Fsp3) is 0.381. The number of carbonyl (C=O) groups excluding carboxylic acids is 2. The summed E-state index contributed by atoms with van der Waals surface area (Å²) in [5, 5.41) is 2.33. The number of nitrogens with two attached hydrogens (primary N) is 1. The molecule has 0 aliphatic carbocycles. The van der Waals surface area contributed by atoms with Crippen LogP contribution in [0.5, 0.6) is 5.75 Å². The third-order valence-corrected chi connectivity index (χ3v) is 5.78. The van der Waals surface area contributed by atoms with Crippen molar-refractivity contribution in [1.29, 1.82) is 0 Å². The molecule has 3 rings (SSSR count). The SMILES string of the molecule is [2H]c1cc([C@H]2[C@H](C(=O)Nc3ccnc(C(N)=O)c3)OC(C)(C(F)(F)F)[C@H]2C)c(OC)c(F)c1F. The van der Waals surface area contributed by atoms with Gasteiger partial charge in [0.25, 0.3) is 11.8 Å². The first-order valence-electron chi connectivity index (χ1n) is 10.1. The first-order chi connectivity index (χ1) is 15.7. The number of carbonyl (C=O) groups is 2. The highest BCUT2D eigenvalue weighted by Crippen LogP contribution is 2.55. The fourth-order valence-corrected chi connectivity index (χ4v) is 3.83. The van der Waals surface area contributed by atoms with Crippen LogP contribution in [0.4, 0.5) is 27.6 Å². The number of pyridine rings is 1. The van der Waals surface area contributed by atoms with Crippen molar-refractivity contribution < 1.29 is 42.4 Å². The number of hydrogen-bond acceptors (Lipinski definition) is 5. The normalized spacial score (nSPS) is 25.5. The van der Waals surface area contributed by atoms with Crippen LogP contribution in [-0.2, 0) is 9.53 Å². The van der Waals surface area contributed by atoms with Crippen LogP contribution in [0, 0.1) is 17.6 Å². The van der Waals surface area contributed by atoms with Crippen LogP contribution in [0.1, 0.15) is 37.2 Å². The lowest BCUT2D eigenvalue weighted by Crippen LogP contribution is -2.47. The van der Waals surface area contributed by atoms with E-state index in [1.54, 1.807) is 0 Å². The summed E-state index contributed by atoms with van der Waals surface area (Å²) < 4.78 is 88.2. The number of benzene rings is 1. The number of primary amides is 1. The number of halogens is 5. The van der Waals surface area contributed by atoms with E-state index in [1.165, 1.54) is 6.07 Å². The van der Waals surface area contributed by atoms with E-state index in [-0.39, 0.29) is 16.9 Å². The Hall–Kier alpha value is -3.28. The highest BCUT2D eigenvalue weighted by molar-refractivity contribution is 5.97. The molecular weight excluding hydrogens is 453 g/mol. The molecule has 1 fully saturated rings. The molecule has 0 bridgehead atoms. The maximum Gasteiger partial charge on any atom is 0.417 e. The summed E-state index contributed by atoms with van der Waals surface area (Å²) in [6, 6.07) is 2.25. The zero-order chi connectivity index (χ0) is 25.6. The van der Waals surface area contributed by atoms with Crippen molar-refractivity contribution in [2.24, 2.45) is 11.7 Å². The predicted octanol–water partition coefficient (Wildman–Crippen LogP) is 3.55. The number of alkyl halides is 3. The van der Waals surface area contributed by atoms with Crippen molar-refractivity contribution in [3.8, 4) is 5.75 Å². The van der Waals surface area contributed by atoms with Gasteiger partial charge in [-0.3, -0.25) is 14.6 Å². The fourth-order valence-electron chi connectivity index (χ4n) is 3.83. The van der Waals surface area contributed by atoms with Crippen LogP contribution in [0.2, 0.25) is 0 Å². The summed E-state index contributed by atoms with van der Waals surface area (Å²) in [5.41, 5.74) is 1.74. The van der Waals surface area contributed by atoms with Gasteiger partial charge in [0.1, 0.15) is 11.8 Å². The van der Waals surface area contributed by atoms with Crippen molar-refractivity contribution in [2.45, 2.75) is 37.6 Å². The van der Waals surface area contributed by atoms with E-state index in [9.17, 15) is 31.5 Å². The molecule has 12 heteroatoms. The van der Waals surface area contributed by atoms with Gasteiger partial charge in [0, 0.05) is 29.3 Å². The molecule has 7 nitrogen and oxygen atoms in total. The summed E-state index contributed by atoms with van der Waals surface area (Å²) in [6.45, 7) is 1.89. The van der Waals surface area contributed by atoms with Crippen LogP contribution < -0.4 is 15.8 Å². The zero-order valence-electron chi connectivity index (χ0n) is 18.6. The second-order valence-electron chi connectivity index (χ2n) is 7.65. The van der Waals surface area contributed by atoms with Crippen LogP contribution >= 0.6 is 0 Å². The topological polar surface area (TPSA) is 104 Å². The molecule has 3 N–H and O–H groups in total. The molecule has 0 saturated carbocycles. The Balaban J connectivity index is 2.12. The van der Waals surface area contributed by atoms with Crippen LogP contribution in [0.25, 0.3) is 0 Å². The minimum atomic E-state index is -4.94. The van der Waals surface area contributed by atoms with Gasteiger partial charge in [-0.15, -0.1) is 0 Å². The van der Waals surface area contributed by atoms with Crippen molar-refractivity contribution in [2.75, 3.05) is 12.4 Å². The Kier molecular flexibility index (Phi) is 5.95.